The molecule has 0 aliphatic rings. The molecule has 1 aromatic heterocycles. The average molecular weight is 506 g/mol. The molecule has 0 saturated heterocycles. The molecule has 6 heteroatoms. The largest absolute Gasteiger partial charge is 0 e. The fraction of sp³-hybridized carbons (Fsp3) is 0.474. The molecule has 25 heavy (non-hydrogen) atoms. The van der Waals surface area contributed by atoms with Crippen LogP contribution in [0.3, 0.4) is 0 Å². The Balaban J connectivity index is -0.000000752. The average Bonchev–Trinajstić information content (AvgIpc) is 2.56. The molecule has 0 bridgehead atoms. The van der Waals surface area contributed by atoms with Gasteiger partial charge in [-0.3, -0.25) is 4.98 Å². The Morgan fingerprint density at radius 2 is 1.56 bits per heavy atom. The molecule has 0 spiro atoms. The van der Waals surface area contributed by atoms with Crippen molar-refractivity contribution < 1.29 is 56.8 Å². The van der Waals surface area contributed by atoms with Crippen molar-refractivity contribution in [3.05, 3.63) is 48.2 Å². The van der Waals surface area contributed by atoms with Crippen molar-refractivity contribution in [1.82, 2.24) is 14.8 Å². The minimum absolute atomic E-state index is 0. The topological polar surface area (TPSA) is 39.3 Å². The monoisotopic (exact) mass is 507 g/mol. The summed E-state index contributed by atoms with van der Waals surface area (Å²) in [6.07, 6.45) is 0.999. The molecule has 2 aromatic rings. The van der Waals surface area contributed by atoms with Crippen LogP contribution in [-0.2, 0) is 69.8 Å². The summed E-state index contributed by atoms with van der Waals surface area (Å²) in [5.41, 5.74) is 3.62. The molecule has 0 aliphatic heterocycles. The second-order valence-corrected chi connectivity index (χ2v) is 5.58. The molecule has 0 saturated carbocycles. The van der Waals surface area contributed by atoms with Gasteiger partial charge in [0.2, 0.25) is 0 Å². The van der Waals surface area contributed by atoms with Crippen LogP contribution in [0.1, 0.15) is 25.1 Å². The summed E-state index contributed by atoms with van der Waals surface area (Å²) >= 11 is 0. The Hall–Kier alpha value is 0.0173. The fourth-order valence-electron chi connectivity index (χ4n) is 2.19. The van der Waals surface area contributed by atoms with Crippen LogP contribution in [0.4, 0.5) is 0 Å². The summed E-state index contributed by atoms with van der Waals surface area (Å²) in [7, 11) is 8.38. The molecule has 1 radical (unpaired) electrons. The molecule has 136 valence electrons. The first kappa shape index (κ1) is 29.8. The van der Waals surface area contributed by atoms with Gasteiger partial charge in [0, 0.05) is 63.3 Å². The maximum Gasteiger partial charge on any atom is 0 e. The molecule has 1 aromatic carbocycles. The first-order valence-electron chi connectivity index (χ1n) is 7.93. The van der Waals surface area contributed by atoms with E-state index in [0.29, 0.717) is 0 Å². The second-order valence-electron chi connectivity index (χ2n) is 5.58. The van der Waals surface area contributed by atoms with Gasteiger partial charge in [-0.1, -0.05) is 38.1 Å². The van der Waals surface area contributed by atoms with Gasteiger partial charge in [-0.2, -0.15) is 0 Å². The van der Waals surface area contributed by atoms with Crippen LogP contribution < -0.4 is 0 Å². The third-order valence-corrected chi connectivity index (χ3v) is 3.16. The predicted molar refractivity (Wildman–Crippen MR) is 98.1 cm³/mol. The number of para-hydroxylation sites is 1. The van der Waals surface area contributed by atoms with Gasteiger partial charge in [0.25, 0.3) is 0 Å². The van der Waals surface area contributed by atoms with Crippen LogP contribution in [0, 0.1) is 6.65 Å². The van der Waals surface area contributed by atoms with E-state index in [0.717, 1.165) is 25.0 Å². The number of hydrogen-bond donors (Lipinski definition) is 0. The van der Waals surface area contributed by atoms with Gasteiger partial charge >= 0.3 is 30.8 Å². The normalized spacial score (nSPS) is 9.20. The van der Waals surface area contributed by atoms with E-state index in [2.05, 4.69) is 75.0 Å². The number of pyridine rings is 1. The van der Waals surface area contributed by atoms with E-state index < -0.39 is 0 Å². The molecule has 0 aliphatic carbocycles. The quantitative estimate of drug-likeness (QED) is 0.356. The SMILES string of the molecule is CC.CN(C)CCc1ccc2cccc(CN(C)C)c2n1.[C-]#[O+].[RuH+2].[Y]. The minimum atomic E-state index is 0. The van der Waals surface area contributed by atoms with E-state index in [1.165, 1.54) is 16.6 Å². The van der Waals surface area contributed by atoms with Crippen LogP contribution in [0.5, 0.6) is 0 Å². The van der Waals surface area contributed by atoms with Crippen molar-refractivity contribution in [1.29, 1.82) is 0 Å². The first-order valence-corrected chi connectivity index (χ1v) is 7.93. The van der Waals surface area contributed by atoms with Gasteiger partial charge in [-0.25, -0.2) is 0 Å². The molecule has 1 heterocycles. The van der Waals surface area contributed by atoms with Gasteiger partial charge in [0.05, 0.1) is 5.52 Å². The number of hydrogen-bond acceptors (Lipinski definition) is 3. The van der Waals surface area contributed by atoms with E-state index in [1.54, 1.807) is 0 Å². The van der Waals surface area contributed by atoms with Crippen molar-refractivity contribution >= 4 is 10.9 Å². The summed E-state index contributed by atoms with van der Waals surface area (Å²) in [6, 6.07) is 10.8. The van der Waals surface area contributed by atoms with E-state index in [-0.39, 0.29) is 52.2 Å². The Morgan fingerprint density at radius 3 is 2.08 bits per heavy atom. The Labute approximate surface area is 191 Å². The third kappa shape index (κ3) is 11.4. The standard InChI is InChI=1S/C16H23N3.C2H6.CO.Ru.Y.H/c1-18(2)11-10-15-9-8-13-6-5-7-14(12-19(3)4)16(13)17-15;2*1-2;;;/h5-9H,10-12H2,1-4H3;1-2H3;;;;/q;;;+2;;. The fourth-order valence-corrected chi connectivity index (χ4v) is 2.19. The summed E-state index contributed by atoms with van der Waals surface area (Å²) in [6.45, 7) is 10.5. The minimum Gasteiger partial charge on any atom is 0 e. The molecule has 0 fully saturated rings. The van der Waals surface area contributed by atoms with Crippen molar-refractivity contribution in [3.63, 3.8) is 0 Å². The summed E-state index contributed by atoms with van der Waals surface area (Å²) in [5, 5.41) is 1.23. The van der Waals surface area contributed by atoms with Gasteiger partial charge in [0.1, 0.15) is 0 Å². The smallest absolute Gasteiger partial charge is 0 e. The maximum atomic E-state index is 7.50. The summed E-state index contributed by atoms with van der Waals surface area (Å²) in [5.74, 6) is 0. The van der Waals surface area contributed by atoms with Crippen LogP contribution in [-0.4, -0.2) is 49.5 Å². The Kier molecular flexibility index (Phi) is 20.8. The zero-order valence-corrected chi connectivity index (χ0v) is 20.9. The number of benzene rings is 1. The van der Waals surface area contributed by atoms with E-state index in [1.807, 2.05) is 13.8 Å². The first-order chi connectivity index (χ1) is 11.1. The Bertz CT molecular complexity index is 603. The number of likely N-dealkylation sites (N-methyl/N-ethyl adjacent to an activating group) is 1. The Morgan fingerprint density at radius 1 is 0.960 bits per heavy atom. The third-order valence-electron chi connectivity index (χ3n) is 3.16. The van der Waals surface area contributed by atoms with Crippen molar-refractivity contribution in [2.24, 2.45) is 0 Å². The van der Waals surface area contributed by atoms with Gasteiger partial charge in [0.15, 0.2) is 0 Å². The van der Waals surface area contributed by atoms with Crippen LogP contribution in [0.2, 0.25) is 0 Å². The van der Waals surface area contributed by atoms with Gasteiger partial charge in [-0.15, -0.1) is 0 Å². The van der Waals surface area contributed by atoms with Gasteiger partial charge < -0.3 is 9.80 Å². The van der Waals surface area contributed by atoms with E-state index >= 15 is 0 Å². The molecule has 0 amide bonds. The molecule has 0 atom stereocenters. The molecule has 2 rings (SSSR count). The maximum absolute atomic E-state index is 7.50. The molecular weight excluding hydrogens is 476 g/mol. The van der Waals surface area contributed by atoms with Crippen molar-refractivity contribution in [2.75, 3.05) is 34.7 Å². The molecular formula is C19H30N3ORuY+2. The van der Waals surface area contributed by atoms with Crippen molar-refractivity contribution in [3.8, 4) is 0 Å². The number of nitrogens with zero attached hydrogens (tertiary/aromatic N) is 3. The van der Waals surface area contributed by atoms with Crippen LogP contribution in [0.25, 0.3) is 10.9 Å². The van der Waals surface area contributed by atoms with Crippen LogP contribution >= 0.6 is 0 Å². The number of fused-ring (bicyclic) bond motifs is 1. The van der Waals surface area contributed by atoms with E-state index in [9.17, 15) is 0 Å². The number of aromatic nitrogens is 1. The number of rotatable bonds is 5. The van der Waals surface area contributed by atoms with E-state index in [4.69, 9.17) is 9.64 Å². The predicted octanol–water partition coefficient (Wildman–Crippen LogP) is 3.12. The second kappa shape index (κ2) is 17.4. The zero-order valence-electron chi connectivity index (χ0n) is 16.2. The van der Waals surface area contributed by atoms with Crippen molar-refractivity contribution in [2.45, 2.75) is 26.8 Å². The molecule has 0 N–H and O–H groups in total. The summed E-state index contributed by atoms with van der Waals surface area (Å²) < 4.78 is 7.50. The zero-order chi connectivity index (χ0) is 17.8. The molecule has 0 unspecified atom stereocenters. The van der Waals surface area contributed by atoms with Gasteiger partial charge in [-0.05, 0) is 39.8 Å². The molecule has 4 nitrogen and oxygen atoms in total. The summed E-state index contributed by atoms with van der Waals surface area (Å²) in [4.78, 5) is 9.22. The van der Waals surface area contributed by atoms with Crippen LogP contribution in [0.15, 0.2) is 30.3 Å².